The van der Waals surface area contributed by atoms with Gasteiger partial charge in [-0.15, -0.1) is 5.10 Å². The van der Waals surface area contributed by atoms with Crippen molar-refractivity contribution >= 4 is 34.2 Å². The molecule has 6 heteroatoms. The molecular weight excluding hydrogens is 363 g/mol. The summed E-state index contributed by atoms with van der Waals surface area (Å²) in [6.07, 6.45) is 3.05. The van der Waals surface area contributed by atoms with E-state index in [4.69, 9.17) is 11.6 Å². The summed E-state index contributed by atoms with van der Waals surface area (Å²) in [5.41, 5.74) is 1.93. The maximum atomic E-state index is 5.93. The topological polar surface area (TPSA) is 42.7 Å². The lowest BCUT2D eigenvalue weighted by atomic mass is 10.3. The lowest BCUT2D eigenvalue weighted by Crippen LogP contribution is -2.13. The summed E-state index contributed by atoms with van der Waals surface area (Å²) in [6.45, 7) is 3.88. The SMILES string of the molecule is CCCNCc1cn(-c2ccc(Cl)cc2I)nn1. The number of aromatic nitrogens is 3. The predicted octanol–water partition coefficient (Wildman–Crippen LogP) is 3.02. The van der Waals surface area contributed by atoms with Crippen LogP contribution in [0.2, 0.25) is 5.02 Å². The number of hydrogen-bond acceptors (Lipinski definition) is 3. The molecule has 0 radical (unpaired) electrons. The number of rotatable bonds is 5. The molecule has 96 valence electrons. The molecule has 0 fully saturated rings. The molecule has 0 saturated carbocycles. The van der Waals surface area contributed by atoms with Crippen LogP contribution in [0.5, 0.6) is 0 Å². The van der Waals surface area contributed by atoms with E-state index in [0.29, 0.717) is 0 Å². The van der Waals surface area contributed by atoms with Gasteiger partial charge in [0.15, 0.2) is 0 Å². The van der Waals surface area contributed by atoms with Crippen molar-refractivity contribution in [3.63, 3.8) is 0 Å². The second-order valence-electron chi connectivity index (χ2n) is 3.93. The summed E-state index contributed by atoms with van der Waals surface area (Å²) < 4.78 is 2.83. The molecule has 1 N–H and O–H groups in total. The van der Waals surface area contributed by atoms with Crippen molar-refractivity contribution in [2.75, 3.05) is 6.54 Å². The standard InChI is InChI=1S/C12H14ClIN4/c1-2-5-15-7-10-8-18(17-16-10)12-4-3-9(13)6-11(12)14/h3-4,6,8,15H,2,5,7H2,1H3. The van der Waals surface area contributed by atoms with Crippen molar-refractivity contribution in [3.8, 4) is 5.69 Å². The number of benzene rings is 1. The first-order valence-corrected chi connectivity index (χ1v) is 7.23. The van der Waals surface area contributed by atoms with Gasteiger partial charge in [0.1, 0.15) is 0 Å². The largest absolute Gasteiger partial charge is 0.311 e. The van der Waals surface area contributed by atoms with E-state index in [1.165, 1.54) is 0 Å². The molecule has 0 atom stereocenters. The van der Waals surface area contributed by atoms with Gasteiger partial charge in [-0.2, -0.15) is 0 Å². The van der Waals surface area contributed by atoms with E-state index >= 15 is 0 Å². The fraction of sp³-hybridized carbons (Fsp3) is 0.333. The summed E-state index contributed by atoms with van der Waals surface area (Å²) in [5, 5.41) is 12.3. The van der Waals surface area contributed by atoms with Gasteiger partial charge in [0.2, 0.25) is 0 Å². The van der Waals surface area contributed by atoms with E-state index in [1.807, 2.05) is 24.4 Å². The van der Waals surface area contributed by atoms with Gasteiger partial charge in [-0.05, 0) is 53.8 Å². The van der Waals surface area contributed by atoms with Crippen LogP contribution in [0.1, 0.15) is 19.0 Å². The Bertz CT molecular complexity index is 527. The third-order valence-electron chi connectivity index (χ3n) is 2.43. The van der Waals surface area contributed by atoms with E-state index in [-0.39, 0.29) is 0 Å². The summed E-state index contributed by atoms with van der Waals surface area (Å²) in [4.78, 5) is 0. The van der Waals surface area contributed by atoms with Crippen LogP contribution < -0.4 is 5.32 Å². The molecule has 0 spiro atoms. The molecule has 0 aliphatic carbocycles. The second-order valence-corrected chi connectivity index (χ2v) is 5.53. The highest BCUT2D eigenvalue weighted by molar-refractivity contribution is 14.1. The van der Waals surface area contributed by atoms with E-state index in [0.717, 1.165) is 39.5 Å². The van der Waals surface area contributed by atoms with Crippen LogP contribution in [0, 0.1) is 3.57 Å². The van der Waals surface area contributed by atoms with Crippen LogP contribution in [0.4, 0.5) is 0 Å². The Balaban J connectivity index is 2.13. The number of hydrogen-bond donors (Lipinski definition) is 1. The molecule has 0 aliphatic rings. The maximum absolute atomic E-state index is 5.93. The molecule has 2 aromatic rings. The zero-order valence-electron chi connectivity index (χ0n) is 10.0. The van der Waals surface area contributed by atoms with E-state index < -0.39 is 0 Å². The molecule has 0 saturated heterocycles. The first-order chi connectivity index (χ1) is 8.70. The van der Waals surface area contributed by atoms with Crippen molar-refractivity contribution in [1.29, 1.82) is 0 Å². The Labute approximate surface area is 125 Å². The van der Waals surface area contributed by atoms with E-state index in [2.05, 4.69) is 45.1 Å². The van der Waals surface area contributed by atoms with Crippen LogP contribution in [0.3, 0.4) is 0 Å². The highest BCUT2D eigenvalue weighted by Gasteiger charge is 2.06. The van der Waals surface area contributed by atoms with Gasteiger partial charge in [-0.1, -0.05) is 23.7 Å². The Morgan fingerprint density at radius 3 is 3.00 bits per heavy atom. The Kier molecular flexibility index (Phi) is 4.96. The quantitative estimate of drug-likeness (QED) is 0.644. The minimum atomic E-state index is 0.730. The van der Waals surface area contributed by atoms with Gasteiger partial charge < -0.3 is 5.32 Å². The lowest BCUT2D eigenvalue weighted by Gasteiger charge is -2.03. The molecule has 18 heavy (non-hydrogen) atoms. The van der Waals surface area contributed by atoms with Gasteiger partial charge >= 0.3 is 0 Å². The Morgan fingerprint density at radius 2 is 2.28 bits per heavy atom. The van der Waals surface area contributed by atoms with Gasteiger partial charge in [-0.3, -0.25) is 0 Å². The number of nitrogens with one attached hydrogen (secondary N) is 1. The normalized spacial score (nSPS) is 10.8. The molecule has 0 bridgehead atoms. The fourth-order valence-electron chi connectivity index (χ4n) is 1.56. The lowest BCUT2D eigenvalue weighted by molar-refractivity contribution is 0.662. The third-order valence-corrected chi connectivity index (χ3v) is 3.53. The van der Waals surface area contributed by atoms with Crippen LogP contribution in [-0.4, -0.2) is 21.5 Å². The second kappa shape index (κ2) is 6.49. The van der Waals surface area contributed by atoms with E-state index in [9.17, 15) is 0 Å². The van der Waals surface area contributed by atoms with Gasteiger partial charge in [-0.25, -0.2) is 4.68 Å². The molecule has 1 aromatic heterocycles. The molecular formula is C12H14ClIN4. The first-order valence-electron chi connectivity index (χ1n) is 5.78. The minimum absolute atomic E-state index is 0.730. The van der Waals surface area contributed by atoms with Crippen LogP contribution >= 0.6 is 34.2 Å². The van der Waals surface area contributed by atoms with Crippen molar-refractivity contribution in [2.45, 2.75) is 19.9 Å². The molecule has 2 rings (SSSR count). The Hall–Kier alpha value is -0.660. The van der Waals surface area contributed by atoms with Crippen LogP contribution in [0.15, 0.2) is 24.4 Å². The van der Waals surface area contributed by atoms with Gasteiger partial charge in [0.25, 0.3) is 0 Å². The van der Waals surface area contributed by atoms with Crippen molar-refractivity contribution in [3.05, 3.63) is 38.7 Å². The molecule has 0 aliphatic heterocycles. The molecule has 0 amide bonds. The van der Waals surface area contributed by atoms with Crippen molar-refractivity contribution in [2.24, 2.45) is 0 Å². The highest BCUT2D eigenvalue weighted by atomic mass is 127. The summed E-state index contributed by atoms with van der Waals surface area (Å²) >= 11 is 8.18. The average Bonchev–Trinajstić information content (AvgIpc) is 2.78. The van der Waals surface area contributed by atoms with Gasteiger partial charge in [0.05, 0.1) is 17.6 Å². The fourth-order valence-corrected chi connectivity index (χ4v) is 2.68. The van der Waals surface area contributed by atoms with Crippen molar-refractivity contribution < 1.29 is 0 Å². The number of nitrogens with zero attached hydrogens (tertiary/aromatic N) is 3. The number of halogens is 2. The Morgan fingerprint density at radius 1 is 1.44 bits per heavy atom. The first kappa shape index (κ1) is 13.8. The van der Waals surface area contributed by atoms with Gasteiger partial charge in [0, 0.05) is 15.1 Å². The zero-order chi connectivity index (χ0) is 13.0. The maximum Gasteiger partial charge on any atom is 0.0969 e. The smallest absolute Gasteiger partial charge is 0.0969 e. The summed E-state index contributed by atoms with van der Waals surface area (Å²) in [6, 6.07) is 5.71. The average molecular weight is 377 g/mol. The van der Waals surface area contributed by atoms with E-state index in [1.54, 1.807) is 4.68 Å². The monoisotopic (exact) mass is 376 g/mol. The zero-order valence-corrected chi connectivity index (χ0v) is 12.9. The van der Waals surface area contributed by atoms with Crippen LogP contribution in [0.25, 0.3) is 5.69 Å². The summed E-state index contributed by atoms with van der Waals surface area (Å²) in [7, 11) is 0. The molecule has 0 unspecified atom stereocenters. The van der Waals surface area contributed by atoms with Crippen LogP contribution in [-0.2, 0) is 6.54 Å². The third kappa shape index (κ3) is 3.43. The van der Waals surface area contributed by atoms with Crippen molar-refractivity contribution in [1.82, 2.24) is 20.3 Å². The summed E-state index contributed by atoms with van der Waals surface area (Å²) in [5.74, 6) is 0. The predicted molar refractivity (Wildman–Crippen MR) is 81.1 cm³/mol. The molecule has 1 aromatic carbocycles. The molecule has 4 nitrogen and oxygen atoms in total. The minimum Gasteiger partial charge on any atom is -0.311 e. The molecule has 1 heterocycles. The highest BCUT2D eigenvalue weighted by Crippen LogP contribution is 2.20.